The number of hydrogen-bond acceptors (Lipinski definition) is 5. The SMILES string of the molecule is C=C1[C@H](N(/C=C\C=O)C(=O)NC)O[C@H](CO)[C@H]1N. The predicted octanol–water partition coefficient (Wildman–Crippen LogP) is -1.06. The zero-order chi connectivity index (χ0) is 13.7. The molecule has 0 saturated carbocycles. The highest BCUT2D eigenvalue weighted by atomic mass is 16.5. The first-order chi connectivity index (χ1) is 8.56. The van der Waals surface area contributed by atoms with Crippen molar-refractivity contribution < 1.29 is 19.4 Å². The van der Waals surface area contributed by atoms with Crippen LogP contribution in [0.3, 0.4) is 0 Å². The summed E-state index contributed by atoms with van der Waals surface area (Å²) in [7, 11) is 1.45. The summed E-state index contributed by atoms with van der Waals surface area (Å²) in [4.78, 5) is 23.2. The molecular weight excluding hydrogens is 238 g/mol. The van der Waals surface area contributed by atoms with Crippen molar-refractivity contribution in [2.45, 2.75) is 18.4 Å². The van der Waals surface area contributed by atoms with E-state index in [9.17, 15) is 9.59 Å². The van der Waals surface area contributed by atoms with Gasteiger partial charge in [0.05, 0.1) is 12.6 Å². The lowest BCUT2D eigenvalue weighted by Gasteiger charge is -2.25. The molecule has 0 aliphatic carbocycles. The van der Waals surface area contributed by atoms with Crippen molar-refractivity contribution in [1.82, 2.24) is 10.2 Å². The third-order valence-corrected chi connectivity index (χ3v) is 2.66. The summed E-state index contributed by atoms with van der Waals surface area (Å²) < 4.78 is 5.44. The molecule has 3 atom stereocenters. The number of aldehydes is 1. The molecule has 1 rings (SSSR count). The number of amides is 2. The quantitative estimate of drug-likeness (QED) is 0.337. The van der Waals surface area contributed by atoms with E-state index < -0.39 is 24.4 Å². The number of carbonyl (C=O) groups excluding carboxylic acids is 2. The molecule has 1 heterocycles. The number of nitrogens with zero attached hydrogens (tertiary/aromatic N) is 1. The number of ether oxygens (including phenoxy) is 1. The number of hydrogen-bond donors (Lipinski definition) is 3. The smallest absolute Gasteiger partial charge is 0.323 e. The van der Waals surface area contributed by atoms with Crippen molar-refractivity contribution in [1.29, 1.82) is 0 Å². The number of aliphatic hydroxyl groups excluding tert-OH is 1. The van der Waals surface area contributed by atoms with Crippen LogP contribution in [0.25, 0.3) is 0 Å². The standard InChI is InChI=1S/C11H17N3O4/c1-7-9(12)8(6-16)18-10(7)14(4-3-5-15)11(17)13-2/h3-5,8-10,16H,1,6,12H2,2H3,(H,13,17)/b4-3-/t8-,9+,10-/m1/s1. The van der Waals surface area contributed by atoms with Gasteiger partial charge in [-0.2, -0.15) is 0 Å². The molecule has 1 saturated heterocycles. The van der Waals surface area contributed by atoms with Gasteiger partial charge in [0.15, 0.2) is 6.23 Å². The first-order valence-electron chi connectivity index (χ1n) is 5.39. The van der Waals surface area contributed by atoms with E-state index in [1.54, 1.807) is 0 Å². The normalized spacial score (nSPS) is 27.5. The minimum Gasteiger partial charge on any atom is -0.394 e. The van der Waals surface area contributed by atoms with Crippen LogP contribution in [-0.4, -0.2) is 54.4 Å². The summed E-state index contributed by atoms with van der Waals surface area (Å²) in [5.74, 6) is 0. The Morgan fingerprint density at radius 1 is 1.72 bits per heavy atom. The molecular formula is C11H17N3O4. The lowest BCUT2D eigenvalue weighted by Crippen LogP contribution is -2.42. The summed E-state index contributed by atoms with van der Waals surface area (Å²) in [6.07, 6.45) is 1.56. The molecule has 0 radical (unpaired) electrons. The number of aliphatic hydroxyl groups is 1. The van der Waals surface area contributed by atoms with E-state index in [1.807, 2.05) is 0 Å². The number of allylic oxidation sites excluding steroid dienone is 1. The number of carbonyl (C=O) groups is 2. The Kier molecular flexibility index (Phi) is 5.02. The molecule has 0 bridgehead atoms. The molecule has 1 aliphatic rings. The summed E-state index contributed by atoms with van der Waals surface area (Å²) in [6.45, 7) is 3.49. The van der Waals surface area contributed by atoms with E-state index in [0.29, 0.717) is 11.9 Å². The Morgan fingerprint density at radius 3 is 2.83 bits per heavy atom. The second-order valence-corrected chi connectivity index (χ2v) is 3.75. The molecule has 18 heavy (non-hydrogen) atoms. The van der Waals surface area contributed by atoms with Crippen LogP contribution in [0, 0.1) is 0 Å². The van der Waals surface area contributed by atoms with Gasteiger partial charge < -0.3 is 20.9 Å². The fourth-order valence-electron chi connectivity index (χ4n) is 1.65. The van der Waals surface area contributed by atoms with Gasteiger partial charge in [0.25, 0.3) is 0 Å². The van der Waals surface area contributed by atoms with Crippen LogP contribution in [0.5, 0.6) is 0 Å². The zero-order valence-corrected chi connectivity index (χ0v) is 10.1. The molecule has 1 fully saturated rings. The Balaban J connectivity index is 2.93. The van der Waals surface area contributed by atoms with Gasteiger partial charge in [0.2, 0.25) is 0 Å². The molecule has 1 aliphatic heterocycles. The third kappa shape index (κ3) is 2.76. The van der Waals surface area contributed by atoms with Gasteiger partial charge in [-0.3, -0.25) is 9.69 Å². The highest BCUT2D eigenvalue weighted by Gasteiger charge is 2.40. The number of urea groups is 1. The maximum Gasteiger partial charge on any atom is 0.323 e. The van der Waals surface area contributed by atoms with Gasteiger partial charge in [0, 0.05) is 13.2 Å². The highest BCUT2D eigenvalue weighted by molar-refractivity contribution is 5.77. The lowest BCUT2D eigenvalue weighted by molar-refractivity contribution is -0.104. The summed E-state index contributed by atoms with van der Waals surface area (Å²) in [5, 5.41) is 11.5. The van der Waals surface area contributed by atoms with Crippen LogP contribution in [0.2, 0.25) is 0 Å². The summed E-state index contributed by atoms with van der Waals surface area (Å²) in [5.41, 5.74) is 6.26. The van der Waals surface area contributed by atoms with Crippen molar-refractivity contribution in [3.05, 3.63) is 24.4 Å². The maximum absolute atomic E-state index is 11.7. The molecule has 7 nitrogen and oxygen atoms in total. The first-order valence-corrected chi connectivity index (χ1v) is 5.39. The molecule has 4 N–H and O–H groups in total. The van der Waals surface area contributed by atoms with E-state index in [1.165, 1.54) is 13.2 Å². The van der Waals surface area contributed by atoms with E-state index in [2.05, 4.69) is 11.9 Å². The minimum atomic E-state index is -0.798. The molecule has 0 aromatic heterocycles. The van der Waals surface area contributed by atoms with Gasteiger partial charge in [-0.05, 0) is 11.6 Å². The topological polar surface area (TPSA) is 105 Å². The van der Waals surface area contributed by atoms with E-state index >= 15 is 0 Å². The molecule has 0 aromatic rings. The third-order valence-electron chi connectivity index (χ3n) is 2.66. The lowest BCUT2D eigenvalue weighted by atomic mass is 10.1. The first kappa shape index (κ1) is 14.4. The molecule has 7 heteroatoms. The average molecular weight is 255 g/mol. The van der Waals surface area contributed by atoms with E-state index in [0.717, 1.165) is 11.0 Å². The molecule has 2 amide bonds. The Labute approximate surface area is 105 Å². The maximum atomic E-state index is 11.7. The number of nitrogens with two attached hydrogens (primary N) is 1. The van der Waals surface area contributed by atoms with Crippen molar-refractivity contribution >= 4 is 12.3 Å². The number of rotatable bonds is 4. The van der Waals surface area contributed by atoms with Crippen LogP contribution in [0.4, 0.5) is 4.79 Å². The average Bonchev–Trinajstić information content (AvgIpc) is 2.66. The molecule has 0 unspecified atom stereocenters. The largest absolute Gasteiger partial charge is 0.394 e. The van der Waals surface area contributed by atoms with Crippen molar-refractivity contribution in [3.8, 4) is 0 Å². The highest BCUT2D eigenvalue weighted by Crippen LogP contribution is 2.26. The Hall–Kier alpha value is -1.70. The zero-order valence-electron chi connectivity index (χ0n) is 10.1. The molecule has 0 spiro atoms. The second-order valence-electron chi connectivity index (χ2n) is 3.75. The van der Waals surface area contributed by atoms with Gasteiger partial charge >= 0.3 is 6.03 Å². The molecule has 100 valence electrons. The van der Waals surface area contributed by atoms with Crippen LogP contribution < -0.4 is 11.1 Å². The van der Waals surface area contributed by atoms with Crippen molar-refractivity contribution in [3.63, 3.8) is 0 Å². The van der Waals surface area contributed by atoms with Gasteiger partial charge in [-0.15, -0.1) is 0 Å². The van der Waals surface area contributed by atoms with E-state index in [4.69, 9.17) is 15.6 Å². The van der Waals surface area contributed by atoms with Crippen LogP contribution in [-0.2, 0) is 9.53 Å². The Bertz CT molecular complexity index is 369. The monoisotopic (exact) mass is 255 g/mol. The predicted molar refractivity (Wildman–Crippen MR) is 64.4 cm³/mol. The van der Waals surface area contributed by atoms with Crippen molar-refractivity contribution in [2.75, 3.05) is 13.7 Å². The van der Waals surface area contributed by atoms with Crippen LogP contribution in [0.1, 0.15) is 0 Å². The van der Waals surface area contributed by atoms with Crippen molar-refractivity contribution in [2.24, 2.45) is 5.73 Å². The van der Waals surface area contributed by atoms with Crippen LogP contribution >= 0.6 is 0 Å². The molecule has 0 aromatic carbocycles. The van der Waals surface area contributed by atoms with Crippen LogP contribution in [0.15, 0.2) is 24.4 Å². The summed E-state index contributed by atoms with van der Waals surface area (Å²) in [6, 6.07) is -1.03. The van der Waals surface area contributed by atoms with Gasteiger partial charge in [-0.25, -0.2) is 4.79 Å². The van der Waals surface area contributed by atoms with Gasteiger partial charge in [-0.1, -0.05) is 6.58 Å². The fraction of sp³-hybridized carbons (Fsp3) is 0.455. The van der Waals surface area contributed by atoms with Gasteiger partial charge in [0.1, 0.15) is 12.4 Å². The fourth-order valence-corrected chi connectivity index (χ4v) is 1.65. The summed E-state index contributed by atoms with van der Waals surface area (Å²) >= 11 is 0. The number of nitrogens with one attached hydrogen (secondary N) is 1. The second kappa shape index (κ2) is 6.29. The minimum absolute atomic E-state index is 0.268. The Morgan fingerprint density at radius 2 is 2.39 bits per heavy atom. The van der Waals surface area contributed by atoms with E-state index in [-0.39, 0.29) is 6.61 Å².